The molecule has 1 saturated heterocycles. The van der Waals surface area contributed by atoms with Crippen LogP contribution < -0.4 is 10.2 Å². The Hall–Kier alpha value is -0.610. The number of aryl methyl sites for hydroxylation is 1. The fraction of sp³-hybridized carbons (Fsp3) is 0.600. The Labute approximate surface area is 122 Å². The number of nitrogens with zero attached hydrogens (tertiary/aromatic N) is 1. The number of hydrogen-bond donors (Lipinski definition) is 1. The van der Waals surface area contributed by atoms with E-state index in [9.17, 15) is 4.39 Å². The first-order valence-corrected chi connectivity index (χ1v) is 7.89. The van der Waals surface area contributed by atoms with Gasteiger partial charge in [0, 0.05) is 30.9 Å². The number of piperidine rings is 1. The molecule has 0 bridgehead atoms. The topological polar surface area (TPSA) is 15.3 Å². The van der Waals surface area contributed by atoms with Crippen molar-refractivity contribution in [3.8, 4) is 0 Å². The van der Waals surface area contributed by atoms with E-state index >= 15 is 0 Å². The average molecular weight is 327 g/mol. The molecule has 1 aromatic rings. The van der Waals surface area contributed by atoms with Crippen molar-refractivity contribution in [3.05, 3.63) is 28.0 Å². The van der Waals surface area contributed by atoms with Crippen molar-refractivity contribution in [3.63, 3.8) is 0 Å². The number of hydrogen-bond acceptors (Lipinski definition) is 2. The van der Waals surface area contributed by atoms with E-state index in [1.54, 1.807) is 6.07 Å². The minimum atomic E-state index is -0.175. The number of rotatable bonds is 3. The monoisotopic (exact) mass is 326 g/mol. The molecule has 1 saturated carbocycles. The molecule has 19 heavy (non-hydrogen) atoms. The van der Waals surface area contributed by atoms with Crippen LogP contribution in [-0.4, -0.2) is 25.2 Å². The van der Waals surface area contributed by atoms with E-state index in [1.807, 2.05) is 13.0 Å². The van der Waals surface area contributed by atoms with Gasteiger partial charge in [-0.15, -0.1) is 0 Å². The van der Waals surface area contributed by atoms with Gasteiger partial charge >= 0.3 is 0 Å². The molecule has 1 N–H and O–H groups in total. The molecule has 0 radical (unpaired) electrons. The first-order valence-electron chi connectivity index (χ1n) is 7.10. The van der Waals surface area contributed by atoms with Crippen LogP contribution in [0.3, 0.4) is 0 Å². The van der Waals surface area contributed by atoms with Gasteiger partial charge in [-0.3, -0.25) is 0 Å². The molecule has 1 unspecified atom stereocenters. The van der Waals surface area contributed by atoms with Gasteiger partial charge in [0.05, 0.1) is 4.47 Å². The van der Waals surface area contributed by atoms with Crippen LogP contribution in [0.25, 0.3) is 0 Å². The molecule has 104 valence electrons. The molecule has 0 spiro atoms. The number of anilines is 1. The lowest BCUT2D eigenvalue weighted by molar-refractivity contribution is 0.420. The highest BCUT2D eigenvalue weighted by atomic mass is 79.9. The third-order valence-electron chi connectivity index (χ3n) is 4.05. The van der Waals surface area contributed by atoms with Crippen molar-refractivity contribution in [2.45, 2.75) is 44.7 Å². The van der Waals surface area contributed by atoms with Gasteiger partial charge in [0.25, 0.3) is 0 Å². The summed E-state index contributed by atoms with van der Waals surface area (Å²) in [5.41, 5.74) is 2.18. The molecule has 2 fully saturated rings. The third-order valence-corrected chi connectivity index (χ3v) is 4.66. The minimum absolute atomic E-state index is 0.175. The van der Waals surface area contributed by atoms with Crippen LogP contribution in [0.2, 0.25) is 0 Å². The van der Waals surface area contributed by atoms with E-state index in [4.69, 9.17) is 0 Å². The van der Waals surface area contributed by atoms with Gasteiger partial charge < -0.3 is 10.2 Å². The number of halogens is 2. The molecule has 2 nitrogen and oxygen atoms in total. The molecule has 4 heteroatoms. The Morgan fingerprint density at radius 1 is 1.26 bits per heavy atom. The fourth-order valence-corrected chi connectivity index (χ4v) is 3.22. The summed E-state index contributed by atoms with van der Waals surface area (Å²) >= 11 is 3.29. The Morgan fingerprint density at radius 2 is 2.05 bits per heavy atom. The van der Waals surface area contributed by atoms with Gasteiger partial charge in [0.1, 0.15) is 5.82 Å². The Kier molecular flexibility index (Phi) is 3.81. The van der Waals surface area contributed by atoms with E-state index in [-0.39, 0.29) is 5.82 Å². The average Bonchev–Trinajstić information content (AvgIpc) is 3.18. The minimum Gasteiger partial charge on any atom is -0.370 e. The second-order valence-electron chi connectivity index (χ2n) is 5.78. The maximum atomic E-state index is 13.5. The summed E-state index contributed by atoms with van der Waals surface area (Å²) in [6.07, 6.45) is 5.13. The second-order valence-corrected chi connectivity index (χ2v) is 6.63. The molecule has 3 rings (SSSR count). The summed E-state index contributed by atoms with van der Waals surface area (Å²) in [5, 5.41) is 3.71. The van der Waals surface area contributed by atoms with Crippen molar-refractivity contribution in [2.24, 2.45) is 0 Å². The first kappa shape index (κ1) is 13.4. The molecule has 1 aromatic carbocycles. The summed E-state index contributed by atoms with van der Waals surface area (Å²) in [5.74, 6) is -0.175. The van der Waals surface area contributed by atoms with Gasteiger partial charge in [-0.1, -0.05) is 0 Å². The zero-order valence-corrected chi connectivity index (χ0v) is 12.8. The van der Waals surface area contributed by atoms with Crippen LogP contribution in [-0.2, 0) is 0 Å². The summed E-state index contributed by atoms with van der Waals surface area (Å²) in [4.78, 5) is 2.39. The van der Waals surface area contributed by atoms with E-state index in [2.05, 4.69) is 26.1 Å². The van der Waals surface area contributed by atoms with Crippen molar-refractivity contribution in [1.29, 1.82) is 0 Å². The highest BCUT2D eigenvalue weighted by Crippen LogP contribution is 2.30. The SMILES string of the molecule is Cc1cc(F)c(Br)cc1N1CCCC(NC2CC2)C1. The molecular formula is C15H20BrFN2. The van der Waals surface area contributed by atoms with Crippen LogP contribution in [0, 0.1) is 12.7 Å². The lowest BCUT2D eigenvalue weighted by Gasteiger charge is -2.36. The quantitative estimate of drug-likeness (QED) is 0.912. The second kappa shape index (κ2) is 5.41. The fourth-order valence-electron chi connectivity index (χ4n) is 2.89. The van der Waals surface area contributed by atoms with E-state index in [1.165, 1.54) is 25.7 Å². The largest absolute Gasteiger partial charge is 0.370 e. The van der Waals surface area contributed by atoms with E-state index < -0.39 is 0 Å². The predicted molar refractivity (Wildman–Crippen MR) is 80.2 cm³/mol. The molecule has 1 atom stereocenters. The highest BCUT2D eigenvalue weighted by molar-refractivity contribution is 9.10. The molecule has 1 heterocycles. The Morgan fingerprint density at radius 3 is 2.79 bits per heavy atom. The normalized spacial score (nSPS) is 23.7. The summed E-state index contributed by atoms with van der Waals surface area (Å²) in [6.45, 7) is 4.10. The smallest absolute Gasteiger partial charge is 0.137 e. The zero-order valence-electron chi connectivity index (χ0n) is 11.3. The first-order chi connectivity index (χ1) is 9.13. The Bertz CT molecular complexity index is 473. The standard InChI is InChI=1S/C15H20BrFN2/c1-10-7-14(17)13(16)8-15(10)19-6-2-3-12(9-19)18-11-4-5-11/h7-8,11-12,18H,2-6,9H2,1H3. The Balaban J connectivity index is 1.75. The maximum Gasteiger partial charge on any atom is 0.137 e. The van der Waals surface area contributed by atoms with E-state index in [0.717, 1.165) is 30.4 Å². The van der Waals surface area contributed by atoms with E-state index in [0.29, 0.717) is 10.5 Å². The van der Waals surface area contributed by atoms with Crippen LogP contribution in [0.1, 0.15) is 31.2 Å². The number of nitrogens with one attached hydrogen (secondary N) is 1. The van der Waals surface area contributed by atoms with Crippen LogP contribution in [0.15, 0.2) is 16.6 Å². The summed E-state index contributed by atoms with van der Waals surface area (Å²) < 4.78 is 14.1. The van der Waals surface area contributed by atoms with Crippen LogP contribution in [0.4, 0.5) is 10.1 Å². The van der Waals surface area contributed by atoms with Gasteiger partial charge in [0.2, 0.25) is 0 Å². The van der Waals surface area contributed by atoms with Gasteiger partial charge in [-0.05, 0) is 66.2 Å². The predicted octanol–water partition coefficient (Wildman–Crippen LogP) is 3.62. The lowest BCUT2D eigenvalue weighted by atomic mass is 10.0. The van der Waals surface area contributed by atoms with Crippen LogP contribution >= 0.6 is 15.9 Å². The third kappa shape index (κ3) is 3.11. The maximum absolute atomic E-state index is 13.5. The highest BCUT2D eigenvalue weighted by Gasteiger charge is 2.28. The lowest BCUT2D eigenvalue weighted by Crippen LogP contribution is -2.46. The van der Waals surface area contributed by atoms with Crippen molar-refractivity contribution < 1.29 is 4.39 Å². The number of benzene rings is 1. The van der Waals surface area contributed by atoms with Crippen molar-refractivity contribution in [1.82, 2.24) is 5.32 Å². The zero-order chi connectivity index (χ0) is 13.4. The van der Waals surface area contributed by atoms with Crippen molar-refractivity contribution in [2.75, 3.05) is 18.0 Å². The molecular weight excluding hydrogens is 307 g/mol. The van der Waals surface area contributed by atoms with Gasteiger partial charge in [-0.25, -0.2) is 4.39 Å². The molecule has 0 aromatic heterocycles. The molecule has 1 aliphatic carbocycles. The summed E-state index contributed by atoms with van der Waals surface area (Å²) in [7, 11) is 0. The van der Waals surface area contributed by atoms with Crippen LogP contribution in [0.5, 0.6) is 0 Å². The van der Waals surface area contributed by atoms with Gasteiger partial charge in [0.15, 0.2) is 0 Å². The van der Waals surface area contributed by atoms with Crippen molar-refractivity contribution >= 4 is 21.6 Å². The molecule has 2 aliphatic rings. The summed E-state index contributed by atoms with van der Waals surface area (Å²) in [6, 6.07) is 4.89. The molecule has 1 aliphatic heterocycles. The van der Waals surface area contributed by atoms with Gasteiger partial charge in [-0.2, -0.15) is 0 Å². The molecule has 0 amide bonds.